The van der Waals surface area contributed by atoms with Crippen molar-refractivity contribution in [3.05, 3.63) is 72.8 Å². The van der Waals surface area contributed by atoms with Crippen LogP contribution in [-0.4, -0.2) is 9.97 Å². The van der Waals surface area contributed by atoms with Gasteiger partial charge in [0.05, 0.1) is 11.6 Å². The fourth-order valence-corrected chi connectivity index (χ4v) is 2.23. The van der Waals surface area contributed by atoms with Crippen LogP contribution < -0.4 is 0 Å². The molecule has 0 amide bonds. The second kappa shape index (κ2) is 5.33. The lowest BCUT2D eigenvalue weighted by molar-refractivity contribution is 1.31. The molecule has 0 bridgehead atoms. The molecule has 0 atom stereocenters. The molecule has 94 valence electrons. The first-order valence-corrected chi connectivity index (χ1v) is 6.24. The number of nitriles is 1. The molecule has 20 heavy (non-hydrogen) atoms. The van der Waals surface area contributed by atoms with Crippen molar-refractivity contribution in [3.63, 3.8) is 0 Å². The molecule has 1 aromatic carbocycles. The summed E-state index contributed by atoms with van der Waals surface area (Å²) in [6, 6.07) is 15.7. The van der Waals surface area contributed by atoms with Gasteiger partial charge in [-0.15, -0.1) is 0 Å². The number of rotatable bonds is 2. The molecule has 0 radical (unpaired) electrons. The van der Waals surface area contributed by atoms with Crippen molar-refractivity contribution in [2.45, 2.75) is 0 Å². The van der Waals surface area contributed by atoms with Crippen molar-refractivity contribution in [1.82, 2.24) is 9.97 Å². The Morgan fingerprint density at radius 3 is 2.10 bits per heavy atom. The molecule has 3 aromatic rings. The minimum atomic E-state index is 0.638. The summed E-state index contributed by atoms with van der Waals surface area (Å²) in [5.41, 5.74) is 4.45. The fourth-order valence-electron chi connectivity index (χ4n) is 2.23. The molecular formula is C17H11N3. The van der Waals surface area contributed by atoms with Crippen LogP contribution in [0.25, 0.3) is 22.3 Å². The van der Waals surface area contributed by atoms with Gasteiger partial charge in [-0.3, -0.25) is 9.97 Å². The smallest absolute Gasteiger partial charge is 0.0998 e. The first-order chi connectivity index (χ1) is 9.90. The predicted molar refractivity (Wildman–Crippen MR) is 77.6 cm³/mol. The zero-order valence-electron chi connectivity index (χ0n) is 10.7. The van der Waals surface area contributed by atoms with E-state index < -0.39 is 0 Å². The van der Waals surface area contributed by atoms with E-state index in [9.17, 15) is 5.26 Å². The molecular weight excluding hydrogens is 246 g/mol. The summed E-state index contributed by atoms with van der Waals surface area (Å²) >= 11 is 0. The Hall–Kier alpha value is -2.99. The molecule has 0 fully saturated rings. The highest BCUT2D eigenvalue weighted by Crippen LogP contribution is 2.33. The van der Waals surface area contributed by atoms with E-state index >= 15 is 0 Å². The highest BCUT2D eigenvalue weighted by Gasteiger charge is 2.12. The van der Waals surface area contributed by atoms with E-state index in [0.717, 1.165) is 22.3 Å². The minimum absolute atomic E-state index is 0.638. The van der Waals surface area contributed by atoms with E-state index in [-0.39, 0.29) is 0 Å². The lowest BCUT2D eigenvalue weighted by Gasteiger charge is -2.11. The van der Waals surface area contributed by atoms with Gasteiger partial charge in [0.25, 0.3) is 0 Å². The van der Waals surface area contributed by atoms with Crippen molar-refractivity contribution in [3.8, 4) is 28.3 Å². The van der Waals surface area contributed by atoms with Crippen LogP contribution in [0.5, 0.6) is 0 Å². The summed E-state index contributed by atoms with van der Waals surface area (Å²) in [7, 11) is 0. The number of hydrogen-bond donors (Lipinski definition) is 0. The fraction of sp³-hybridized carbons (Fsp3) is 0. The number of aromatic nitrogens is 2. The zero-order valence-corrected chi connectivity index (χ0v) is 10.7. The maximum absolute atomic E-state index is 9.37. The maximum atomic E-state index is 9.37. The lowest BCUT2D eigenvalue weighted by atomic mass is 9.92. The predicted octanol–water partition coefficient (Wildman–Crippen LogP) is 3.68. The normalized spacial score (nSPS) is 9.95. The van der Waals surface area contributed by atoms with Crippen molar-refractivity contribution < 1.29 is 0 Å². The van der Waals surface area contributed by atoms with Crippen molar-refractivity contribution in [1.29, 1.82) is 5.26 Å². The molecule has 0 spiro atoms. The Labute approximate surface area is 117 Å². The van der Waals surface area contributed by atoms with Gasteiger partial charge in [0, 0.05) is 41.5 Å². The average Bonchev–Trinajstić information content (AvgIpc) is 2.55. The lowest BCUT2D eigenvalue weighted by Crippen LogP contribution is -1.90. The summed E-state index contributed by atoms with van der Waals surface area (Å²) in [6.07, 6.45) is 7.04. The Morgan fingerprint density at radius 2 is 1.50 bits per heavy atom. The summed E-state index contributed by atoms with van der Waals surface area (Å²) in [6.45, 7) is 0. The van der Waals surface area contributed by atoms with Gasteiger partial charge < -0.3 is 0 Å². The second-order valence-corrected chi connectivity index (χ2v) is 4.32. The molecule has 0 N–H and O–H groups in total. The van der Waals surface area contributed by atoms with Gasteiger partial charge in [-0.1, -0.05) is 24.3 Å². The number of nitrogens with zero attached hydrogens (tertiary/aromatic N) is 3. The number of pyridine rings is 2. The summed E-state index contributed by atoms with van der Waals surface area (Å²) < 4.78 is 0. The van der Waals surface area contributed by atoms with E-state index in [1.807, 2.05) is 42.5 Å². The van der Waals surface area contributed by atoms with Gasteiger partial charge in [0.2, 0.25) is 0 Å². The van der Waals surface area contributed by atoms with Crippen molar-refractivity contribution in [2.24, 2.45) is 0 Å². The number of hydrogen-bond acceptors (Lipinski definition) is 3. The highest BCUT2D eigenvalue weighted by atomic mass is 14.6. The molecule has 0 aliphatic carbocycles. The van der Waals surface area contributed by atoms with Gasteiger partial charge in [-0.05, 0) is 23.8 Å². The molecule has 3 nitrogen and oxygen atoms in total. The maximum Gasteiger partial charge on any atom is 0.0998 e. The SMILES string of the molecule is N#Cc1cccc(-c2cccnc2)c1-c1cccnc1. The van der Waals surface area contributed by atoms with E-state index in [1.165, 1.54) is 0 Å². The van der Waals surface area contributed by atoms with E-state index in [4.69, 9.17) is 0 Å². The molecule has 0 saturated carbocycles. The third kappa shape index (κ3) is 2.15. The molecule has 0 unspecified atom stereocenters. The first kappa shape index (κ1) is 12.1. The van der Waals surface area contributed by atoms with Crippen LogP contribution in [0.3, 0.4) is 0 Å². The third-order valence-electron chi connectivity index (χ3n) is 3.11. The Morgan fingerprint density at radius 1 is 0.800 bits per heavy atom. The quantitative estimate of drug-likeness (QED) is 0.703. The Bertz CT molecular complexity index is 759. The molecule has 2 heterocycles. The average molecular weight is 257 g/mol. The van der Waals surface area contributed by atoms with Crippen molar-refractivity contribution >= 4 is 0 Å². The highest BCUT2D eigenvalue weighted by molar-refractivity contribution is 5.86. The Balaban J connectivity index is 2.30. The summed E-state index contributed by atoms with van der Waals surface area (Å²) in [5, 5.41) is 9.37. The van der Waals surface area contributed by atoms with E-state index in [0.29, 0.717) is 5.56 Å². The second-order valence-electron chi connectivity index (χ2n) is 4.32. The summed E-state index contributed by atoms with van der Waals surface area (Å²) in [4.78, 5) is 8.30. The van der Waals surface area contributed by atoms with Crippen LogP contribution in [-0.2, 0) is 0 Å². The number of benzene rings is 1. The van der Waals surface area contributed by atoms with Crippen LogP contribution in [0.15, 0.2) is 67.3 Å². The van der Waals surface area contributed by atoms with Gasteiger partial charge >= 0.3 is 0 Å². The monoisotopic (exact) mass is 257 g/mol. The topological polar surface area (TPSA) is 49.6 Å². The minimum Gasteiger partial charge on any atom is -0.264 e. The molecule has 2 aromatic heterocycles. The zero-order chi connectivity index (χ0) is 13.8. The van der Waals surface area contributed by atoms with Crippen LogP contribution in [0, 0.1) is 11.3 Å². The molecule has 3 rings (SSSR count). The summed E-state index contributed by atoms with van der Waals surface area (Å²) in [5.74, 6) is 0. The molecule has 3 heteroatoms. The molecule has 0 saturated heterocycles. The first-order valence-electron chi connectivity index (χ1n) is 6.24. The van der Waals surface area contributed by atoms with E-state index in [2.05, 4.69) is 16.0 Å². The van der Waals surface area contributed by atoms with Gasteiger partial charge in [0.15, 0.2) is 0 Å². The van der Waals surface area contributed by atoms with Crippen LogP contribution in [0.2, 0.25) is 0 Å². The van der Waals surface area contributed by atoms with E-state index in [1.54, 1.807) is 24.8 Å². The Kier molecular flexibility index (Phi) is 3.22. The third-order valence-corrected chi connectivity index (χ3v) is 3.11. The molecule has 0 aliphatic rings. The largest absolute Gasteiger partial charge is 0.264 e. The van der Waals surface area contributed by atoms with Crippen molar-refractivity contribution in [2.75, 3.05) is 0 Å². The molecule has 0 aliphatic heterocycles. The van der Waals surface area contributed by atoms with Crippen LogP contribution >= 0.6 is 0 Å². The van der Waals surface area contributed by atoms with Gasteiger partial charge in [-0.25, -0.2) is 0 Å². The van der Waals surface area contributed by atoms with Crippen LogP contribution in [0.1, 0.15) is 5.56 Å². The van der Waals surface area contributed by atoms with Crippen LogP contribution in [0.4, 0.5) is 0 Å². The van der Waals surface area contributed by atoms with Gasteiger partial charge in [0.1, 0.15) is 0 Å². The van der Waals surface area contributed by atoms with Gasteiger partial charge in [-0.2, -0.15) is 5.26 Å². The standard InChI is InChI=1S/C17H11N3/c18-10-13-4-1-7-16(14-5-2-8-19-11-14)17(13)15-6-3-9-20-12-15/h1-9,11-12H.